The van der Waals surface area contributed by atoms with Crippen LogP contribution in [0.1, 0.15) is 45.4 Å². The maximum absolute atomic E-state index is 10.6. The predicted molar refractivity (Wildman–Crippen MR) is 69.5 cm³/mol. The molecule has 0 atom stereocenters. The van der Waals surface area contributed by atoms with Crippen molar-refractivity contribution >= 4 is 0 Å². The summed E-state index contributed by atoms with van der Waals surface area (Å²) in [6.45, 7) is 4.12. The Morgan fingerprint density at radius 3 is 2.11 bits per heavy atom. The van der Waals surface area contributed by atoms with Crippen LogP contribution in [0.3, 0.4) is 0 Å². The first-order chi connectivity index (χ1) is 8.59. The standard InChI is InChI=1S/C14H23N3O/c1-13-4-6-14(18,7-5-13)12-17(10-2-8-15)11-3-9-16/h13,18H,2-7,10-12H2,1H3. The molecule has 0 spiro atoms. The van der Waals surface area contributed by atoms with E-state index in [-0.39, 0.29) is 0 Å². The summed E-state index contributed by atoms with van der Waals surface area (Å²) in [5, 5.41) is 27.8. The summed E-state index contributed by atoms with van der Waals surface area (Å²) in [5.74, 6) is 0.706. The molecular formula is C14H23N3O. The van der Waals surface area contributed by atoms with Crippen LogP contribution < -0.4 is 0 Å². The van der Waals surface area contributed by atoms with Crippen LogP contribution >= 0.6 is 0 Å². The molecule has 1 aliphatic rings. The molecule has 0 amide bonds. The van der Waals surface area contributed by atoms with Crippen LogP contribution in [0, 0.1) is 28.6 Å². The first-order valence-corrected chi connectivity index (χ1v) is 6.78. The van der Waals surface area contributed by atoms with E-state index in [9.17, 15) is 5.11 Å². The molecule has 0 aliphatic heterocycles. The Labute approximate surface area is 110 Å². The summed E-state index contributed by atoms with van der Waals surface area (Å²) in [6.07, 6.45) is 4.73. The van der Waals surface area contributed by atoms with Gasteiger partial charge in [0.05, 0.1) is 17.7 Å². The van der Waals surface area contributed by atoms with Gasteiger partial charge in [0.25, 0.3) is 0 Å². The number of nitriles is 2. The van der Waals surface area contributed by atoms with E-state index < -0.39 is 5.60 Å². The van der Waals surface area contributed by atoms with Gasteiger partial charge in [0.1, 0.15) is 0 Å². The Morgan fingerprint density at radius 1 is 1.17 bits per heavy atom. The fraction of sp³-hybridized carbons (Fsp3) is 0.857. The minimum Gasteiger partial charge on any atom is -0.389 e. The van der Waals surface area contributed by atoms with E-state index in [2.05, 4.69) is 24.0 Å². The molecule has 0 aromatic carbocycles. The van der Waals surface area contributed by atoms with Gasteiger partial charge in [-0.15, -0.1) is 0 Å². The lowest BCUT2D eigenvalue weighted by atomic mass is 9.79. The zero-order valence-corrected chi connectivity index (χ0v) is 11.2. The van der Waals surface area contributed by atoms with Gasteiger partial charge in [-0.2, -0.15) is 10.5 Å². The number of hydrogen-bond donors (Lipinski definition) is 1. The smallest absolute Gasteiger partial charge is 0.0774 e. The summed E-state index contributed by atoms with van der Waals surface area (Å²) >= 11 is 0. The van der Waals surface area contributed by atoms with Gasteiger partial charge in [-0.3, -0.25) is 4.90 Å². The molecule has 1 fully saturated rings. The van der Waals surface area contributed by atoms with Crippen LogP contribution in [-0.4, -0.2) is 35.2 Å². The van der Waals surface area contributed by atoms with E-state index in [0.717, 1.165) is 25.7 Å². The zero-order valence-electron chi connectivity index (χ0n) is 11.2. The average Bonchev–Trinajstić information content (AvgIpc) is 2.37. The summed E-state index contributed by atoms with van der Waals surface area (Å²) in [6, 6.07) is 4.25. The Hall–Kier alpha value is -1.10. The first kappa shape index (κ1) is 15.0. The van der Waals surface area contributed by atoms with E-state index in [0.29, 0.717) is 38.4 Å². The van der Waals surface area contributed by atoms with Gasteiger partial charge in [0, 0.05) is 32.5 Å². The second-order valence-electron chi connectivity index (χ2n) is 5.50. The molecule has 0 heterocycles. The summed E-state index contributed by atoms with van der Waals surface area (Å²) < 4.78 is 0. The SMILES string of the molecule is CC1CCC(O)(CN(CCC#N)CCC#N)CC1. The van der Waals surface area contributed by atoms with Crippen molar-refractivity contribution in [1.82, 2.24) is 4.90 Å². The van der Waals surface area contributed by atoms with E-state index >= 15 is 0 Å². The maximum Gasteiger partial charge on any atom is 0.0774 e. The molecule has 1 N–H and O–H groups in total. The van der Waals surface area contributed by atoms with Crippen LogP contribution in [0.2, 0.25) is 0 Å². The van der Waals surface area contributed by atoms with Crippen LogP contribution in [-0.2, 0) is 0 Å². The second kappa shape index (κ2) is 7.36. The molecule has 0 aromatic heterocycles. The lowest BCUT2D eigenvalue weighted by Gasteiger charge is -2.38. The fourth-order valence-electron chi connectivity index (χ4n) is 2.56. The molecule has 18 heavy (non-hydrogen) atoms. The molecule has 1 saturated carbocycles. The van der Waals surface area contributed by atoms with E-state index in [1.807, 2.05) is 0 Å². The predicted octanol–water partition coefficient (Wildman–Crippen LogP) is 2.06. The summed E-state index contributed by atoms with van der Waals surface area (Å²) in [5.41, 5.74) is -0.614. The van der Waals surface area contributed by atoms with E-state index in [1.54, 1.807) is 0 Å². The monoisotopic (exact) mass is 249 g/mol. The Kier molecular flexibility index (Phi) is 6.12. The average molecular weight is 249 g/mol. The van der Waals surface area contributed by atoms with Crippen LogP contribution in [0.5, 0.6) is 0 Å². The number of rotatable bonds is 6. The topological polar surface area (TPSA) is 71.0 Å². The van der Waals surface area contributed by atoms with Gasteiger partial charge in [-0.1, -0.05) is 6.92 Å². The maximum atomic E-state index is 10.6. The highest BCUT2D eigenvalue weighted by atomic mass is 16.3. The number of hydrogen-bond acceptors (Lipinski definition) is 4. The minimum absolute atomic E-state index is 0.456. The highest BCUT2D eigenvalue weighted by Gasteiger charge is 2.33. The lowest BCUT2D eigenvalue weighted by molar-refractivity contribution is -0.0343. The van der Waals surface area contributed by atoms with Gasteiger partial charge in [-0.25, -0.2) is 0 Å². The molecule has 0 unspecified atom stereocenters. The van der Waals surface area contributed by atoms with Gasteiger partial charge < -0.3 is 5.11 Å². The van der Waals surface area contributed by atoms with Gasteiger partial charge >= 0.3 is 0 Å². The molecule has 1 rings (SSSR count). The van der Waals surface area contributed by atoms with Crippen molar-refractivity contribution in [2.45, 2.75) is 51.0 Å². The molecule has 100 valence electrons. The van der Waals surface area contributed by atoms with Crippen molar-refractivity contribution in [3.8, 4) is 12.1 Å². The van der Waals surface area contributed by atoms with Crippen molar-refractivity contribution in [1.29, 1.82) is 10.5 Å². The molecule has 0 saturated heterocycles. The van der Waals surface area contributed by atoms with Gasteiger partial charge in [0.2, 0.25) is 0 Å². The highest BCUT2D eigenvalue weighted by Crippen LogP contribution is 2.32. The molecule has 4 nitrogen and oxygen atoms in total. The Bertz CT molecular complexity index is 303. The molecule has 0 bridgehead atoms. The van der Waals surface area contributed by atoms with Crippen molar-refractivity contribution < 1.29 is 5.11 Å². The summed E-state index contributed by atoms with van der Waals surface area (Å²) in [4.78, 5) is 2.06. The normalized spacial score (nSPS) is 27.7. The molecular weight excluding hydrogens is 226 g/mol. The van der Waals surface area contributed by atoms with E-state index in [4.69, 9.17) is 10.5 Å². The molecule has 0 radical (unpaired) electrons. The second-order valence-corrected chi connectivity index (χ2v) is 5.50. The van der Waals surface area contributed by atoms with Gasteiger partial charge in [-0.05, 0) is 31.6 Å². The Balaban J connectivity index is 2.48. The van der Waals surface area contributed by atoms with Crippen molar-refractivity contribution in [3.05, 3.63) is 0 Å². The minimum atomic E-state index is -0.614. The van der Waals surface area contributed by atoms with Crippen LogP contribution in [0.4, 0.5) is 0 Å². The first-order valence-electron chi connectivity index (χ1n) is 6.78. The molecule has 0 aromatic rings. The van der Waals surface area contributed by atoms with Crippen molar-refractivity contribution in [2.24, 2.45) is 5.92 Å². The Morgan fingerprint density at radius 2 is 1.67 bits per heavy atom. The quantitative estimate of drug-likeness (QED) is 0.782. The zero-order chi connectivity index (χ0) is 13.4. The highest BCUT2D eigenvalue weighted by molar-refractivity contribution is 4.89. The van der Waals surface area contributed by atoms with E-state index in [1.165, 1.54) is 0 Å². The lowest BCUT2D eigenvalue weighted by Crippen LogP contribution is -2.46. The molecule has 1 aliphatic carbocycles. The number of nitrogens with zero attached hydrogens (tertiary/aromatic N) is 3. The van der Waals surface area contributed by atoms with Crippen molar-refractivity contribution in [3.63, 3.8) is 0 Å². The third kappa shape index (κ3) is 5.04. The summed E-state index contributed by atoms with van der Waals surface area (Å²) in [7, 11) is 0. The van der Waals surface area contributed by atoms with Crippen LogP contribution in [0.15, 0.2) is 0 Å². The third-order valence-electron chi connectivity index (χ3n) is 3.80. The largest absolute Gasteiger partial charge is 0.389 e. The molecule has 4 heteroatoms. The third-order valence-corrected chi connectivity index (χ3v) is 3.80. The number of aliphatic hydroxyl groups is 1. The van der Waals surface area contributed by atoms with Crippen molar-refractivity contribution in [2.75, 3.05) is 19.6 Å². The fourth-order valence-corrected chi connectivity index (χ4v) is 2.56. The van der Waals surface area contributed by atoms with Crippen LogP contribution in [0.25, 0.3) is 0 Å². The van der Waals surface area contributed by atoms with Gasteiger partial charge in [0.15, 0.2) is 0 Å².